The van der Waals surface area contributed by atoms with Gasteiger partial charge >= 0.3 is 0 Å². The molecule has 98 valence electrons. The van der Waals surface area contributed by atoms with E-state index in [0.29, 0.717) is 13.0 Å². The molecule has 0 fully saturated rings. The normalized spacial score (nSPS) is 24.5. The fourth-order valence-corrected chi connectivity index (χ4v) is 3.24. The fraction of sp³-hybridized carbons (Fsp3) is 0.357. The fourth-order valence-electron chi connectivity index (χ4n) is 3.24. The van der Waals surface area contributed by atoms with Crippen molar-refractivity contribution < 1.29 is 13.5 Å². The van der Waals surface area contributed by atoms with Crippen LogP contribution in [0.2, 0.25) is 0 Å². The van der Waals surface area contributed by atoms with Crippen molar-refractivity contribution in [3.63, 3.8) is 0 Å². The van der Waals surface area contributed by atoms with Crippen LogP contribution in [0.5, 0.6) is 0 Å². The number of aryl methyl sites for hydroxylation is 1. The molecule has 2 aromatic rings. The zero-order valence-corrected chi connectivity index (χ0v) is 10.2. The summed E-state index contributed by atoms with van der Waals surface area (Å²) in [4.78, 5) is 4.12. The molecule has 3 nitrogen and oxygen atoms in total. The minimum absolute atomic E-state index is 0.517. The summed E-state index contributed by atoms with van der Waals surface area (Å²) >= 11 is 0. The zero-order valence-electron chi connectivity index (χ0n) is 10.2. The Balaban J connectivity index is 1.97. The molecule has 0 amide bonds. The number of aromatic nitrogens is 2. The van der Waals surface area contributed by atoms with Gasteiger partial charge < -0.3 is 9.30 Å². The topological polar surface area (TPSA) is 27.1 Å². The monoisotopic (exact) mass is 262 g/mol. The number of imidazole rings is 1. The Morgan fingerprint density at radius 1 is 1.26 bits per heavy atom. The average Bonchev–Trinajstić information content (AvgIpc) is 2.97. The van der Waals surface area contributed by atoms with Crippen molar-refractivity contribution in [1.29, 1.82) is 0 Å². The Morgan fingerprint density at radius 2 is 2.11 bits per heavy atom. The van der Waals surface area contributed by atoms with Gasteiger partial charge in [-0.05, 0) is 29.7 Å². The lowest BCUT2D eigenvalue weighted by atomic mass is 9.83. The molecule has 1 unspecified atom stereocenters. The molecule has 2 aliphatic heterocycles. The Kier molecular flexibility index (Phi) is 2.12. The van der Waals surface area contributed by atoms with E-state index in [9.17, 15) is 8.78 Å². The van der Waals surface area contributed by atoms with Gasteiger partial charge in [-0.15, -0.1) is 0 Å². The minimum atomic E-state index is -0.818. The lowest BCUT2D eigenvalue weighted by Gasteiger charge is -2.35. The highest BCUT2D eigenvalue weighted by Gasteiger charge is 2.45. The first-order chi connectivity index (χ1) is 9.21. The van der Waals surface area contributed by atoms with Crippen molar-refractivity contribution in [3.8, 4) is 0 Å². The third-order valence-corrected chi connectivity index (χ3v) is 4.13. The van der Waals surface area contributed by atoms with E-state index in [0.717, 1.165) is 29.8 Å². The maximum Gasteiger partial charge on any atom is 0.159 e. The summed E-state index contributed by atoms with van der Waals surface area (Å²) in [5.74, 6) is -1.61. The first kappa shape index (κ1) is 11.1. The molecule has 5 heteroatoms. The molecule has 1 spiro atoms. The molecule has 1 aromatic carbocycles. The SMILES string of the molecule is Fc1cc2c(cc1F)C1(CCn3cncc31)OCC2. The van der Waals surface area contributed by atoms with Crippen LogP contribution in [-0.2, 0) is 23.3 Å². The van der Waals surface area contributed by atoms with Gasteiger partial charge in [0.2, 0.25) is 0 Å². The van der Waals surface area contributed by atoms with E-state index in [1.54, 1.807) is 12.5 Å². The van der Waals surface area contributed by atoms with Gasteiger partial charge in [0.15, 0.2) is 11.6 Å². The molecule has 0 radical (unpaired) electrons. The van der Waals surface area contributed by atoms with Crippen LogP contribution < -0.4 is 0 Å². The Morgan fingerprint density at radius 3 is 3.00 bits per heavy atom. The number of halogens is 2. The summed E-state index contributed by atoms with van der Waals surface area (Å²) in [5.41, 5.74) is 1.86. The van der Waals surface area contributed by atoms with Gasteiger partial charge in [-0.2, -0.15) is 0 Å². The number of ether oxygens (including phenoxy) is 1. The Labute approximate surface area is 108 Å². The summed E-state index contributed by atoms with van der Waals surface area (Å²) in [6.07, 6.45) is 4.86. The second-order valence-corrected chi connectivity index (χ2v) is 5.07. The van der Waals surface area contributed by atoms with E-state index in [1.165, 1.54) is 12.1 Å². The number of hydrogen-bond acceptors (Lipinski definition) is 2. The van der Waals surface area contributed by atoms with Crippen LogP contribution >= 0.6 is 0 Å². The van der Waals surface area contributed by atoms with Gasteiger partial charge in [-0.1, -0.05) is 0 Å². The summed E-state index contributed by atoms with van der Waals surface area (Å²) < 4.78 is 35.0. The lowest BCUT2D eigenvalue weighted by molar-refractivity contribution is -0.0276. The first-order valence-corrected chi connectivity index (χ1v) is 6.34. The van der Waals surface area contributed by atoms with Crippen LogP contribution in [0.3, 0.4) is 0 Å². The quantitative estimate of drug-likeness (QED) is 0.729. The second kappa shape index (κ2) is 3.63. The molecule has 4 rings (SSSR count). The number of hydrogen-bond donors (Lipinski definition) is 0. The second-order valence-electron chi connectivity index (χ2n) is 5.07. The summed E-state index contributed by atoms with van der Waals surface area (Å²) in [6.45, 7) is 1.30. The van der Waals surface area contributed by atoms with Gasteiger partial charge in [-0.25, -0.2) is 13.8 Å². The van der Waals surface area contributed by atoms with Crippen LogP contribution in [0, 0.1) is 11.6 Å². The molecule has 3 heterocycles. The zero-order chi connectivity index (χ0) is 13.0. The van der Waals surface area contributed by atoms with E-state index in [2.05, 4.69) is 4.98 Å². The van der Waals surface area contributed by atoms with Crippen LogP contribution in [0.1, 0.15) is 23.2 Å². The molecule has 0 saturated carbocycles. The molecular weight excluding hydrogens is 250 g/mol. The van der Waals surface area contributed by atoms with E-state index < -0.39 is 17.2 Å². The molecule has 2 aliphatic rings. The van der Waals surface area contributed by atoms with Gasteiger partial charge in [0.05, 0.1) is 24.8 Å². The maximum atomic E-state index is 13.6. The molecule has 19 heavy (non-hydrogen) atoms. The predicted molar refractivity (Wildman–Crippen MR) is 63.6 cm³/mol. The standard InChI is InChI=1S/C14H12F2N2O/c15-11-5-9-1-4-19-14(10(9)6-12(11)16)2-3-18-8-17-7-13(14)18/h5-8H,1-4H2. The summed E-state index contributed by atoms with van der Waals surface area (Å²) in [7, 11) is 0. The number of fused-ring (bicyclic) bond motifs is 4. The van der Waals surface area contributed by atoms with Crippen molar-refractivity contribution >= 4 is 0 Å². The third kappa shape index (κ3) is 1.36. The third-order valence-electron chi connectivity index (χ3n) is 4.13. The van der Waals surface area contributed by atoms with Crippen LogP contribution in [0.25, 0.3) is 0 Å². The summed E-state index contributed by atoms with van der Waals surface area (Å²) in [5, 5.41) is 0. The smallest absolute Gasteiger partial charge is 0.159 e. The van der Waals surface area contributed by atoms with Crippen LogP contribution in [0.15, 0.2) is 24.7 Å². The van der Waals surface area contributed by atoms with Crippen LogP contribution in [-0.4, -0.2) is 16.2 Å². The Bertz CT molecular complexity index is 667. The summed E-state index contributed by atoms with van der Waals surface area (Å²) in [6, 6.07) is 2.58. The lowest BCUT2D eigenvalue weighted by Crippen LogP contribution is -2.35. The van der Waals surface area contributed by atoms with Gasteiger partial charge in [0.25, 0.3) is 0 Å². The number of nitrogens with zero attached hydrogens (tertiary/aromatic N) is 2. The van der Waals surface area contributed by atoms with Gasteiger partial charge in [0.1, 0.15) is 5.60 Å². The number of rotatable bonds is 0. The largest absolute Gasteiger partial charge is 0.364 e. The van der Waals surface area contributed by atoms with E-state index in [4.69, 9.17) is 4.74 Å². The highest BCUT2D eigenvalue weighted by atomic mass is 19.2. The van der Waals surface area contributed by atoms with Gasteiger partial charge in [0, 0.05) is 13.0 Å². The number of benzene rings is 1. The van der Waals surface area contributed by atoms with Crippen molar-refractivity contribution in [1.82, 2.24) is 9.55 Å². The van der Waals surface area contributed by atoms with Crippen molar-refractivity contribution in [2.75, 3.05) is 6.61 Å². The van der Waals surface area contributed by atoms with Crippen LogP contribution in [0.4, 0.5) is 8.78 Å². The molecule has 0 aliphatic carbocycles. The predicted octanol–water partition coefficient (Wildman–Crippen LogP) is 2.38. The average molecular weight is 262 g/mol. The molecule has 0 N–H and O–H groups in total. The van der Waals surface area contributed by atoms with E-state index in [-0.39, 0.29) is 0 Å². The minimum Gasteiger partial charge on any atom is -0.364 e. The molecular formula is C14H12F2N2O. The highest BCUT2D eigenvalue weighted by molar-refractivity contribution is 5.42. The highest BCUT2D eigenvalue weighted by Crippen LogP contribution is 2.45. The van der Waals surface area contributed by atoms with Crippen molar-refractivity contribution in [2.24, 2.45) is 0 Å². The first-order valence-electron chi connectivity index (χ1n) is 6.34. The van der Waals surface area contributed by atoms with E-state index >= 15 is 0 Å². The van der Waals surface area contributed by atoms with Gasteiger partial charge in [-0.3, -0.25) is 0 Å². The maximum absolute atomic E-state index is 13.6. The van der Waals surface area contributed by atoms with Crippen molar-refractivity contribution in [3.05, 3.63) is 53.1 Å². The molecule has 1 atom stereocenters. The Hall–Kier alpha value is -1.75. The molecule has 1 aromatic heterocycles. The molecule has 0 saturated heterocycles. The van der Waals surface area contributed by atoms with E-state index in [1.807, 2.05) is 4.57 Å². The van der Waals surface area contributed by atoms with Crippen molar-refractivity contribution in [2.45, 2.75) is 25.0 Å². The molecule has 0 bridgehead atoms.